The lowest BCUT2D eigenvalue weighted by atomic mass is 10.1. The third-order valence-electron chi connectivity index (χ3n) is 2.38. The maximum atomic E-state index is 11.5. The molecule has 16 heavy (non-hydrogen) atoms. The fourth-order valence-corrected chi connectivity index (χ4v) is 2.82. The summed E-state index contributed by atoms with van der Waals surface area (Å²) in [5, 5.41) is 11.8. The number of carbonyl (C=O) groups excluding carboxylic acids is 1. The standard InChI is InChI=1S/C11H16BrNO2S/c1-2-8(7-14)11(15)13-6-5-9-3-4-10(12)16-9/h3-4,8,14H,2,5-7H2,1H3,(H,13,15). The van der Waals surface area contributed by atoms with Crippen LogP contribution in [0.2, 0.25) is 0 Å². The highest BCUT2D eigenvalue weighted by molar-refractivity contribution is 9.11. The highest BCUT2D eigenvalue weighted by Crippen LogP contribution is 2.22. The number of hydrogen-bond acceptors (Lipinski definition) is 3. The number of thiophene rings is 1. The van der Waals surface area contributed by atoms with E-state index in [9.17, 15) is 4.79 Å². The first-order valence-electron chi connectivity index (χ1n) is 5.30. The molecule has 1 amide bonds. The first kappa shape index (κ1) is 13.7. The summed E-state index contributed by atoms with van der Waals surface area (Å²) < 4.78 is 1.11. The van der Waals surface area contributed by atoms with Crippen molar-refractivity contribution >= 4 is 33.2 Å². The molecule has 0 radical (unpaired) electrons. The van der Waals surface area contributed by atoms with Crippen molar-refractivity contribution in [2.24, 2.45) is 5.92 Å². The van der Waals surface area contributed by atoms with Gasteiger partial charge in [-0.1, -0.05) is 6.92 Å². The number of halogens is 1. The van der Waals surface area contributed by atoms with Gasteiger partial charge in [-0.3, -0.25) is 4.79 Å². The molecule has 90 valence electrons. The van der Waals surface area contributed by atoms with Crippen molar-refractivity contribution in [1.82, 2.24) is 5.32 Å². The Balaban J connectivity index is 2.27. The minimum absolute atomic E-state index is 0.0550. The predicted octanol–water partition coefficient (Wildman–Crippen LogP) is 2.19. The van der Waals surface area contributed by atoms with Crippen LogP contribution in [0.25, 0.3) is 0 Å². The average molecular weight is 306 g/mol. The summed E-state index contributed by atoms with van der Waals surface area (Å²) in [6.07, 6.45) is 1.51. The zero-order valence-corrected chi connectivity index (χ0v) is 11.6. The van der Waals surface area contributed by atoms with E-state index in [4.69, 9.17) is 5.11 Å². The molecule has 0 spiro atoms. The molecule has 1 aromatic rings. The van der Waals surface area contributed by atoms with Crippen molar-refractivity contribution in [3.05, 3.63) is 20.8 Å². The summed E-state index contributed by atoms with van der Waals surface area (Å²) in [7, 11) is 0. The van der Waals surface area contributed by atoms with E-state index in [2.05, 4.69) is 21.2 Å². The van der Waals surface area contributed by atoms with Crippen molar-refractivity contribution in [3.8, 4) is 0 Å². The van der Waals surface area contributed by atoms with Gasteiger partial charge in [-0.05, 0) is 40.9 Å². The monoisotopic (exact) mass is 305 g/mol. The first-order chi connectivity index (χ1) is 7.67. The van der Waals surface area contributed by atoms with E-state index >= 15 is 0 Å². The van der Waals surface area contributed by atoms with E-state index in [0.29, 0.717) is 13.0 Å². The van der Waals surface area contributed by atoms with E-state index in [0.717, 1.165) is 10.2 Å². The number of rotatable bonds is 6. The molecule has 1 heterocycles. The van der Waals surface area contributed by atoms with Gasteiger partial charge in [-0.2, -0.15) is 0 Å². The van der Waals surface area contributed by atoms with Crippen LogP contribution in [0, 0.1) is 5.92 Å². The highest BCUT2D eigenvalue weighted by Gasteiger charge is 2.14. The minimum Gasteiger partial charge on any atom is -0.396 e. The van der Waals surface area contributed by atoms with Crippen LogP contribution >= 0.6 is 27.3 Å². The molecule has 3 nitrogen and oxygen atoms in total. The normalized spacial score (nSPS) is 12.4. The molecule has 0 aliphatic heterocycles. The molecule has 1 unspecified atom stereocenters. The molecular weight excluding hydrogens is 290 g/mol. The van der Waals surface area contributed by atoms with Crippen LogP contribution < -0.4 is 5.32 Å². The van der Waals surface area contributed by atoms with Crippen molar-refractivity contribution < 1.29 is 9.90 Å². The lowest BCUT2D eigenvalue weighted by Gasteiger charge is -2.11. The number of carbonyl (C=O) groups is 1. The van der Waals surface area contributed by atoms with Crippen LogP contribution in [-0.2, 0) is 11.2 Å². The first-order valence-corrected chi connectivity index (χ1v) is 6.91. The molecule has 1 aromatic heterocycles. The number of aliphatic hydroxyl groups excluding tert-OH is 1. The Morgan fingerprint density at radius 2 is 2.38 bits per heavy atom. The second-order valence-corrected chi connectivity index (χ2v) is 6.08. The molecule has 0 aliphatic carbocycles. The number of hydrogen-bond donors (Lipinski definition) is 2. The van der Waals surface area contributed by atoms with Crippen LogP contribution in [-0.4, -0.2) is 24.2 Å². The molecule has 0 aliphatic rings. The maximum absolute atomic E-state index is 11.5. The maximum Gasteiger partial charge on any atom is 0.225 e. The Morgan fingerprint density at radius 3 is 2.88 bits per heavy atom. The van der Waals surface area contributed by atoms with E-state index in [-0.39, 0.29) is 18.4 Å². The van der Waals surface area contributed by atoms with Gasteiger partial charge in [0.1, 0.15) is 0 Å². The van der Waals surface area contributed by atoms with Crippen molar-refractivity contribution in [2.45, 2.75) is 19.8 Å². The van der Waals surface area contributed by atoms with Crippen molar-refractivity contribution in [3.63, 3.8) is 0 Å². The van der Waals surface area contributed by atoms with Crippen molar-refractivity contribution in [1.29, 1.82) is 0 Å². The lowest BCUT2D eigenvalue weighted by Crippen LogP contribution is -2.33. The Kier molecular flexibility index (Phi) is 6.01. The summed E-state index contributed by atoms with van der Waals surface area (Å²) in [5.74, 6) is -0.323. The van der Waals surface area contributed by atoms with Gasteiger partial charge >= 0.3 is 0 Å². The minimum atomic E-state index is -0.268. The molecular formula is C11H16BrNO2S. The van der Waals surface area contributed by atoms with Crippen LogP contribution in [0.5, 0.6) is 0 Å². The third-order valence-corrected chi connectivity index (χ3v) is 4.07. The van der Waals surface area contributed by atoms with Crippen LogP contribution in [0.15, 0.2) is 15.9 Å². The second-order valence-electron chi connectivity index (χ2n) is 3.53. The van der Waals surface area contributed by atoms with E-state index in [1.807, 2.05) is 19.1 Å². The SMILES string of the molecule is CCC(CO)C(=O)NCCc1ccc(Br)s1. The molecule has 5 heteroatoms. The Labute approximate surface area is 108 Å². The Hall–Kier alpha value is -0.390. The fraction of sp³-hybridized carbons (Fsp3) is 0.545. The van der Waals surface area contributed by atoms with Crippen LogP contribution in [0.4, 0.5) is 0 Å². The van der Waals surface area contributed by atoms with Crippen molar-refractivity contribution in [2.75, 3.05) is 13.2 Å². The topological polar surface area (TPSA) is 49.3 Å². The number of aliphatic hydroxyl groups is 1. The number of amides is 1. The third kappa shape index (κ3) is 4.23. The molecule has 0 saturated heterocycles. The number of nitrogens with one attached hydrogen (secondary N) is 1. The van der Waals surface area contributed by atoms with Crippen LogP contribution in [0.3, 0.4) is 0 Å². The molecule has 2 N–H and O–H groups in total. The summed E-state index contributed by atoms with van der Waals surface area (Å²) in [6, 6.07) is 4.05. The summed E-state index contributed by atoms with van der Waals surface area (Å²) in [4.78, 5) is 12.8. The quantitative estimate of drug-likeness (QED) is 0.846. The smallest absolute Gasteiger partial charge is 0.225 e. The van der Waals surface area contributed by atoms with E-state index < -0.39 is 0 Å². The summed E-state index contributed by atoms with van der Waals surface area (Å²) in [5.41, 5.74) is 0. The van der Waals surface area contributed by atoms with E-state index in [1.54, 1.807) is 11.3 Å². The highest BCUT2D eigenvalue weighted by atomic mass is 79.9. The summed E-state index contributed by atoms with van der Waals surface area (Å²) in [6.45, 7) is 2.45. The molecule has 0 aromatic carbocycles. The van der Waals surface area contributed by atoms with Gasteiger partial charge in [-0.15, -0.1) is 11.3 Å². The second kappa shape index (κ2) is 7.04. The Bertz CT molecular complexity index is 336. The fourth-order valence-electron chi connectivity index (χ4n) is 1.34. The largest absolute Gasteiger partial charge is 0.396 e. The van der Waals surface area contributed by atoms with Gasteiger partial charge in [0, 0.05) is 11.4 Å². The zero-order chi connectivity index (χ0) is 12.0. The van der Waals surface area contributed by atoms with Gasteiger partial charge in [0.15, 0.2) is 0 Å². The molecule has 0 fully saturated rings. The molecule has 1 rings (SSSR count). The van der Waals surface area contributed by atoms with E-state index in [1.165, 1.54) is 4.88 Å². The van der Waals surface area contributed by atoms with Gasteiger partial charge in [-0.25, -0.2) is 0 Å². The zero-order valence-electron chi connectivity index (χ0n) is 9.20. The van der Waals surface area contributed by atoms with Gasteiger partial charge < -0.3 is 10.4 Å². The summed E-state index contributed by atoms with van der Waals surface area (Å²) >= 11 is 5.07. The van der Waals surface area contributed by atoms with Gasteiger partial charge in [0.05, 0.1) is 16.3 Å². The molecule has 0 saturated carbocycles. The molecule has 0 bridgehead atoms. The average Bonchev–Trinajstić information content (AvgIpc) is 2.66. The lowest BCUT2D eigenvalue weighted by molar-refractivity contribution is -0.126. The van der Waals surface area contributed by atoms with Gasteiger partial charge in [0.25, 0.3) is 0 Å². The molecule has 1 atom stereocenters. The van der Waals surface area contributed by atoms with Crippen LogP contribution in [0.1, 0.15) is 18.2 Å². The van der Waals surface area contributed by atoms with Gasteiger partial charge in [0.2, 0.25) is 5.91 Å². The predicted molar refractivity (Wildman–Crippen MR) is 69.6 cm³/mol. The Morgan fingerprint density at radius 1 is 1.62 bits per heavy atom.